The van der Waals surface area contributed by atoms with Crippen LogP contribution in [-0.2, 0) is 19.1 Å². The number of nitrogens with zero attached hydrogens (tertiary/aromatic N) is 3. The van der Waals surface area contributed by atoms with Gasteiger partial charge >= 0.3 is 6.18 Å². The summed E-state index contributed by atoms with van der Waals surface area (Å²) in [6.45, 7) is 1.45. The zero-order valence-electron chi connectivity index (χ0n) is 22.5. The third kappa shape index (κ3) is 5.63. The van der Waals surface area contributed by atoms with Gasteiger partial charge in [-0.05, 0) is 66.8 Å². The molecule has 1 aliphatic heterocycles. The standard InChI is InChI=1S/C33H26ClF4N3O/c34-26-13-12-25(29(35)19-26)20-41-31(27-10-5-11-28(30(27)39-41)33(36,37)38)23-8-3-6-21(17-23)16-22-7-4-9-24(18-22)32(42)40-14-1-2-15-40/h3-13,17-19H,1-2,14-16,20H2. The van der Waals surface area contributed by atoms with Gasteiger partial charge < -0.3 is 4.90 Å². The van der Waals surface area contributed by atoms with Crippen molar-refractivity contribution < 1.29 is 22.4 Å². The number of rotatable bonds is 6. The third-order valence-electron chi connectivity index (χ3n) is 7.59. The zero-order valence-corrected chi connectivity index (χ0v) is 23.2. The minimum absolute atomic E-state index is 0.0216. The first-order valence-electron chi connectivity index (χ1n) is 13.7. The lowest BCUT2D eigenvalue weighted by molar-refractivity contribution is -0.136. The van der Waals surface area contributed by atoms with Crippen LogP contribution in [0.25, 0.3) is 22.2 Å². The average molecular weight is 592 g/mol. The van der Waals surface area contributed by atoms with Crippen molar-refractivity contribution in [3.05, 3.63) is 124 Å². The van der Waals surface area contributed by atoms with Gasteiger partial charge in [-0.3, -0.25) is 9.48 Å². The molecule has 4 nitrogen and oxygen atoms in total. The molecule has 0 bridgehead atoms. The SMILES string of the molecule is O=C(c1cccc(Cc2cccc(-c3c4cccc(C(F)(F)F)c4nn3Cc3ccc(Cl)cc3F)c2)c1)N1CCCC1. The molecule has 214 valence electrons. The summed E-state index contributed by atoms with van der Waals surface area (Å²) in [6.07, 6.45) is -2.07. The molecule has 4 aromatic carbocycles. The molecular weight excluding hydrogens is 566 g/mol. The summed E-state index contributed by atoms with van der Waals surface area (Å²) in [6, 6.07) is 23.2. The second-order valence-electron chi connectivity index (χ2n) is 10.5. The Balaban J connectivity index is 1.40. The Morgan fingerprint density at radius 3 is 2.33 bits per heavy atom. The predicted octanol–water partition coefficient (Wildman–Crippen LogP) is 8.39. The number of alkyl halides is 3. The number of amides is 1. The Bertz CT molecular complexity index is 1790. The highest BCUT2D eigenvalue weighted by molar-refractivity contribution is 6.30. The summed E-state index contributed by atoms with van der Waals surface area (Å²) in [5.41, 5.74) is 2.78. The van der Waals surface area contributed by atoms with Crippen LogP contribution in [0.1, 0.15) is 45.5 Å². The number of benzene rings is 4. The van der Waals surface area contributed by atoms with Crippen molar-refractivity contribution in [3.63, 3.8) is 0 Å². The number of carbonyl (C=O) groups excluding carboxylic acids is 1. The van der Waals surface area contributed by atoms with Crippen molar-refractivity contribution in [3.8, 4) is 11.3 Å². The average Bonchev–Trinajstić information content (AvgIpc) is 3.62. The molecule has 42 heavy (non-hydrogen) atoms. The van der Waals surface area contributed by atoms with Crippen molar-refractivity contribution in [2.75, 3.05) is 13.1 Å². The lowest BCUT2D eigenvalue weighted by Crippen LogP contribution is -2.27. The Morgan fingerprint density at radius 1 is 0.881 bits per heavy atom. The first kappa shape index (κ1) is 28.0. The van der Waals surface area contributed by atoms with Crippen molar-refractivity contribution in [1.29, 1.82) is 0 Å². The molecule has 0 aliphatic carbocycles. The number of fused-ring (bicyclic) bond motifs is 1. The summed E-state index contributed by atoms with van der Waals surface area (Å²) in [5, 5.41) is 4.89. The fourth-order valence-corrected chi connectivity index (χ4v) is 5.75. The highest BCUT2D eigenvalue weighted by Crippen LogP contribution is 2.38. The molecular formula is C33H26ClF4N3O. The molecule has 9 heteroatoms. The van der Waals surface area contributed by atoms with Crippen molar-refractivity contribution in [2.24, 2.45) is 0 Å². The van der Waals surface area contributed by atoms with Gasteiger partial charge in [0, 0.05) is 40.2 Å². The van der Waals surface area contributed by atoms with Crippen LogP contribution < -0.4 is 0 Å². The molecule has 6 rings (SSSR count). The Hall–Kier alpha value is -4.17. The van der Waals surface area contributed by atoms with Crippen LogP contribution in [0.2, 0.25) is 5.02 Å². The number of likely N-dealkylation sites (tertiary alicyclic amines) is 1. The molecule has 0 spiro atoms. The van der Waals surface area contributed by atoms with Crippen LogP contribution >= 0.6 is 11.6 Å². The van der Waals surface area contributed by atoms with E-state index in [0.29, 0.717) is 28.6 Å². The summed E-state index contributed by atoms with van der Waals surface area (Å²) >= 11 is 5.92. The minimum atomic E-state index is -4.61. The van der Waals surface area contributed by atoms with Crippen LogP contribution in [0.3, 0.4) is 0 Å². The van der Waals surface area contributed by atoms with Crippen LogP contribution in [0.4, 0.5) is 17.6 Å². The largest absolute Gasteiger partial charge is 0.418 e. The molecule has 0 saturated carbocycles. The highest BCUT2D eigenvalue weighted by atomic mass is 35.5. The maximum absolute atomic E-state index is 14.8. The van der Waals surface area contributed by atoms with Gasteiger partial charge in [0.2, 0.25) is 0 Å². The maximum atomic E-state index is 14.8. The zero-order chi connectivity index (χ0) is 29.4. The van der Waals surface area contributed by atoms with Crippen LogP contribution in [0, 0.1) is 5.82 Å². The van der Waals surface area contributed by atoms with Gasteiger partial charge in [-0.2, -0.15) is 18.3 Å². The van der Waals surface area contributed by atoms with Crippen LogP contribution in [-0.4, -0.2) is 33.7 Å². The van der Waals surface area contributed by atoms with Crippen molar-refractivity contribution in [1.82, 2.24) is 14.7 Å². The molecule has 1 fully saturated rings. The van der Waals surface area contributed by atoms with E-state index in [-0.39, 0.29) is 28.6 Å². The first-order valence-corrected chi connectivity index (χ1v) is 14.0. The second kappa shape index (κ2) is 11.2. The molecule has 1 aromatic heterocycles. The number of halogens is 5. The molecule has 0 atom stereocenters. The van der Waals surface area contributed by atoms with Crippen molar-refractivity contribution in [2.45, 2.75) is 32.0 Å². The number of aromatic nitrogens is 2. The van der Waals surface area contributed by atoms with Gasteiger partial charge in [0.25, 0.3) is 5.91 Å². The van der Waals surface area contributed by atoms with E-state index in [1.807, 2.05) is 53.4 Å². The van der Waals surface area contributed by atoms with E-state index in [2.05, 4.69) is 5.10 Å². The van der Waals surface area contributed by atoms with Crippen molar-refractivity contribution >= 4 is 28.4 Å². The first-order chi connectivity index (χ1) is 20.2. The summed E-state index contributed by atoms with van der Waals surface area (Å²) in [5.74, 6) is -0.547. The summed E-state index contributed by atoms with van der Waals surface area (Å²) < 4.78 is 58.0. The number of hydrogen-bond acceptors (Lipinski definition) is 2. The normalized spacial score (nSPS) is 13.7. The molecule has 5 aromatic rings. The quantitative estimate of drug-likeness (QED) is 0.186. The Morgan fingerprint density at radius 2 is 1.60 bits per heavy atom. The molecule has 0 unspecified atom stereocenters. The summed E-state index contributed by atoms with van der Waals surface area (Å²) in [7, 11) is 0. The van der Waals surface area contributed by atoms with Gasteiger partial charge in [0.15, 0.2) is 0 Å². The monoisotopic (exact) mass is 591 g/mol. The molecule has 1 aliphatic rings. The Kier molecular flexibility index (Phi) is 7.49. The topological polar surface area (TPSA) is 38.1 Å². The van der Waals surface area contributed by atoms with E-state index >= 15 is 0 Å². The molecule has 0 radical (unpaired) electrons. The van der Waals surface area contributed by atoms with E-state index < -0.39 is 17.6 Å². The van der Waals surface area contributed by atoms with Crippen LogP contribution in [0.15, 0.2) is 84.9 Å². The van der Waals surface area contributed by atoms with Gasteiger partial charge in [-0.25, -0.2) is 4.39 Å². The number of carbonyl (C=O) groups is 1. The van der Waals surface area contributed by atoms with Gasteiger partial charge in [-0.1, -0.05) is 60.1 Å². The predicted molar refractivity (Wildman–Crippen MR) is 155 cm³/mol. The summed E-state index contributed by atoms with van der Waals surface area (Å²) in [4.78, 5) is 14.8. The van der Waals surface area contributed by atoms with Gasteiger partial charge in [0.1, 0.15) is 11.3 Å². The minimum Gasteiger partial charge on any atom is -0.339 e. The fourth-order valence-electron chi connectivity index (χ4n) is 5.59. The van der Waals surface area contributed by atoms with E-state index in [9.17, 15) is 22.4 Å². The van der Waals surface area contributed by atoms with Gasteiger partial charge in [0.05, 0.1) is 17.8 Å². The lowest BCUT2D eigenvalue weighted by atomic mass is 9.98. The highest BCUT2D eigenvalue weighted by Gasteiger charge is 2.34. The molecule has 2 heterocycles. The number of hydrogen-bond donors (Lipinski definition) is 0. The third-order valence-corrected chi connectivity index (χ3v) is 7.82. The van der Waals surface area contributed by atoms with E-state index in [0.717, 1.165) is 43.1 Å². The second-order valence-corrected chi connectivity index (χ2v) is 11.0. The van der Waals surface area contributed by atoms with E-state index in [4.69, 9.17) is 11.6 Å². The maximum Gasteiger partial charge on any atom is 0.418 e. The molecule has 1 amide bonds. The molecule has 0 N–H and O–H groups in total. The fraction of sp³-hybridized carbons (Fsp3) is 0.212. The Labute approximate surface area is 245 Å². The smallest absolute Gasteiger partial charge is 0.339 e. The molecule has 1 saturated heterocycles. The van der Waals surface area contributed by atoms with E-state index in [1.54, 1.807) is 6.07 Å². The van der Waals surface area contributed by atoms with Crippen LogP contribution in [0.5, 0.6) is 0 Å². The van der Waals surface area contributed by atoms with E-state index in [1.165, 1.54) is 28.9 Å². The van der Waals surface area contributed by atoms with Gasteiger partial charge in [-0.15, -0.1) is 0 Å². The lowest BCUT2D eigenvalue weighted by Gasteiger charge is -2.16.